The van der Waals surface area contributed by atoms with E-state index >= 15 is 0 Å². The number of nitrogens with one attached hydrogen (secondary N) is 1. The number of rotatable bonds is 5. The minimum absolute atomic E-state index is 0.125. The fraction of sp³-hybridized carbons (Fsp3) is 0.357. The van der Waals surface area contributed by atoms with Crippen LogP contribution in [0.1, 0.15) is 33.3 Å². The lowest BCUT2D eigenvalue weighted by Gasteiger charge is -2.12. The Bertz CT molecular complexity index is 911. The Hall–Kier alpha value is -2.75. The number of aromatic carboxylic acids is 1. The zero-order chi connectivity index (χ0) is 18.0. The predicted molar refractivity (Wildman–Crippen MR) is 86.3 cm³/mol. The molecule has 2 aromatic rings. The Morgan fingerprint density at radius 1 is 1.42 bits per heavy atom. The van der Waals surface area contributed by atoms with E-state index in [0.717, 1.165) is 20.5 Å². The Balaban J connectivity index is 2.11. The smallest absolute Gasteiger partial charge is 0.347 e. The standard InChI is InChI=1S/C14H16N4O5S/c1-7-11(13(21)22)24-12(16-7)8(2)15-9(19)6-18-5-4-10(20)17(3)14(18)23/h4-5,8H,6H2,1-3H3,(H,15,19)(H,21,22). The summed E-state index contributed by atoms with van der Waals surface area (Å²) in [6.45, 7) is 3.00. The number of amides is 1. The fourth-order valence-electron chi connectivity index (χ4n) is 2.04. The minimum atomic E-state index is -1.06. The minimum Gasteiger partial charge on any atom is -0.477 e. The maximum absolute atomic E-state index is 12.1. The van der Waals surface area contributed by atoms with Crippen molar-refractivity contribution in [1.82, 2.24) is 19.4 Å². The summed E-state index contributed by atoms with van der Waals surface area (Å²) in [5, 5.41) is 12.2. The Morgan fingerprint density at radius 2 is 2.08 bits per heavy atom. The van der Waals surface area contributed by atoms with Crippen molar-refractivity contribution in [2.45, 2.75) is 26.4 Å². The summed E-state index contributed by atoms with van der Waals surface area (Å²) in [6, 6.07) is 0.694. The molecule has 0 saturated carbocycles. The van der Waals surface area contributed by atoms with Gasteiger partial charge in [-0.25, -0.2) is 14.6 Å². The number of carbonyl (C=O) groups is 2. The number of hydrogen-bond acceptors (Lipinski definition) is 6. The molecular weight excluding hydrogens is 336 g/mol. The van der Waals surface area contributed by atoms with Crippen LogP contribution >= 0.6 is 11.3 Å². The van der Waals surface area contributed by atoms with Crippen molar-refractivity contribution >= 4 is 23.2 Å². The third-order valence-corrected chi connectivity index (χ3v) is 4.66. The molecule has 2 aromatic heterocycles. The van der Waals surface area contributed by atoms with Crippen molar-refractivity contribution in [3.8, 4) is 0 Å². The van der Waals surface area contributed by atoms with Gasteiger partial charge in [-0.05, 0) is 13.8 Å². The van der Waals surface area contributed by atoms with Crippen molar-refractivity contribution < 1.29 is 14.7 Å². The first kappa shape index (κ1) is 17.6. The maximum Gasteiger partial charge on any atom is 0.347 e. The molecule has 0 bridgehead atoms. The SMILES string of the molecule is Cc1nc(C(C)NC(=O)Cn2ccc(=O)n(C)c2=O)sc1C(=O)O. The number of aromatic nitrogens is 3. The molecule has 1 atom stereocenters. The molecule has 24 heavy (non-hydrogen) atoms. The van der Waals surface area contributed by atoms with Crippen molar-refractivity contribution in [3.05, 3.63) is 48.7 Å². The molecule has 0 aromatic carbocycles. The van der Waals surface area contributed by atoms with Gasteiger partial charge in [0.1, 0.15) is 16.4 Å². The van der Waals surface area contributed by atoms with Gasteiger partial charge >= 0.3 is 11.7 Å². The third kappa shape index (κ3) is 3.59. The molecule has 0 aliphatic carbocycles. The zero-order valence-electron chi connectivity index (χ0n) is 13.3. The molecule has 128 valence electrons. The van der Waals surface area contributed by atoms with Crippen LogP contribution in [0.25, 0.3) is 0 Å². The van der Waals surface area contributed by atoms with Gasteiger partial charge in [-0.2, -0.15) is 0 Å². The van der Waals surface area contributed by atoms with Crippen LogP contribution in [0, 0.1) is 6.92 Å². The number of carbonyl (C=O) groups excluding carboxylic acids is 1. The van der Waals surface area contributed by atoms with Gasteiger partial charge < -0.3 is 10.4 Å². The van der Waals surface area contributed by atoms with Crippen LogP contribution in [0.3, 0.4) is 0 Å². The predicted octanol–water partition coefficient (Wildman–Crippen LogP) is -0.112. The van der Waals surface area contributed by atoms with Gasteiger partial charge in [0.25, 0.3) is 5.56 Å². The van der Waals surface area contributed by atoms with Crippen LogP contribution < -0.4 is 16.6 Å². The van der Waals surface area contributed by atoms with E-state index in [9.17, 15) is 19.2 Å². The number of carboxylic acid groups (broad SMARTS) is 1. The largest absolute Gasteiger partial charge is 0.477 e. The molecule has 1 unspecified atom stereocenters. The summed E-state index contributed by atoms with van der Waals surface area (Å²) >= 11 is 0.992. The first-order valence-electron chi connectivity index (χ1n) is 6.97. The van der Waals surface area contributed by atoms with E-state index in [0.29, 0.717) is 10.7 Å². The Morgan fingerprint density at radius 3 is 2.67 bits per heavy atom. The van der Waals surface area contributed by atoms with Gasteiger partial charge in [-0.1, -0.05) is 0 Å². The lowest BCUT2D eigenvalue weighted by atomic mass is 10.3. The van der Waals surface area contributed by atoms with Crippen molar-refractivity contribution in [2.75, 3.05) is 0 Å². The van der Waals surface area contributed by atoms with Crippen molar-refractivity contribution in [1.29, 1.82) is 0 Å². The fourth-order valence-corrected chi connectivity index (χ4v) is 2.95. The summed E-state index contributed by atoms with van der Waals surface area (Å²) in [6.07, 6.45) is 1.25. The van der Waals surface area contributed by atoms with Gasteiger partial charge in [0.2, 0.25) is 5.91 Å². The molecule has 1 amide bonds. The molecule has 2 rings (SSSR count). The first-order valence-corrected chi connectivity index (χ1v) is 7.78. The monoisotopic (exact) mass is 352 g/mol. The van der Waals surface area contributed by atoms with Crippen LogP contribution in [-0.4, -0.2) is 31.1 Å². The molecular formula is C14H16N4O5S. The number of aryl methyl sites for hydroxylation is 1. The second-order valence-corrected chi connectivity index (χ2v) is 6.22. The van der Waals surface area contributed by atoms with Crippen molar-refractivity contribution in [3.63, 3.8) is 0 Å². The summed E-state index contributed by atoms with van der Waals surface area (Å²) in [5.74, 6) is -1.51. The highest BCUT2D eigenvalue weighted by atomic mass is 32.1. The lowest BCUT2D eigenvalue weighted by molar-refractivity contribution is -0.122. The Labute approximate surface area is 140 Å². The highest BCUT2D eigenvalue weighted by molar-refractivity contribution is 7.13. The van der Waals surface area contributed by atoms with Gasteiger partial charge in [-0.15, -0.1) is 11.3 Å². The molecule has 0 aliphatic heterocycles. The second-order valence-electron chi connectivity index (χ2n) is 5.18. The van der Waals surface area contributed by atoms with E-state index in [1.54, 1.807) is 13.8 Å². The summed E-state index contributed by atoms with van der Waals surface area (Å²) in [5.41, 5.74) is -0.661. The van der Waals surface area contributed by atoms with Gasteiger partial charge in [0, 0.05) is 19.3 Å². The van der Waals surface area contributed by atoms with E-state index in [1.807, 2.05) is 0 Å². The van der Waals surface area contributed by atoms with E-state index in [2.05, 4.69) is 10.3 Å². The van der Waals surface area contributed by atoms with E-state index in [1.165, 1.54) is 19.3 Å². The van der Waals surface area contributed by atoms with Crippen molar-refractivity contribution in [2.24, 2.45) is 7.05 Å². The average Bonchev–Trinajstić information content (AvgIpc) is 2.90. The molecule has 0 aliphatic rings. The zero-order valence-corrected chi connectivity index (χ0v) is 14.1. The van der Waals surface area contributed by atoms with Crippen LogP contribution in [0.4, 0.5) is 0 Å². The average molecular weight is 352 g/mol. The van der Waals surface area contributed by atoms with Gasteiger partial charge in [0.15, 0.2) is 0 Å². The topological polar surface area (TPSA) is 123 Å². The second kappa shape index (κ2) is 6.79. The summed E-state index contributed by atoms with van der Waals surface area (Å²) in [4.78, 5) is 50.6. The quantitative estimate of drug-likeness (QED) is 0.774. The highest BCUT2D eigenvalue weighted by Gasteiger charge is 2.19. The van der Waals surface area contributed by atoms with E-state index in [4.69, 9.17) is 5.11 Å². The normalized spacial score (nSPS) is 12.0. The molecule has 10 heteroatoms. The van der Waals surface area contributed by atoms with E-state index in [-0.39, 0.29) is 11.4 Å². The van der Waals surface area contributed by atoms with Crippen LogP contribution in [-0.2, 0) is 18.4 Å². The van der Waals surface area contributed by atoms with Crippen LogP contribution in [0.15, 0.2) is 21.9 Å². The first-order chi connectivity index (χ1) is 11.2. The summed E-state index contributed by atoms with van der Waals surface area (Å²) < 4.78 is 2.01. The lowest BCUT2D eigenvalue weighted by Crippen LogP contribution is -2.40. The molecule has 0 spiro atoms. The van der Waals surface area contributed by atoms with Gasteiger partial charge in [-0.3, -0.25) is 18.7 Å². The van der Waals surface area contributed by atoms with Crippen LogP contribution in [0.5, 0.6) is 0 Å². The number of nitrogens with zero attached hydrogens (tertiary/aromatic N) is 3. The maximum atomic E-state index is 12.1. The summed E-state index contributed by atoms with van der Waals surface area (Å²) in [7, 11) is 1.33. The number of thiazole rings is 1. The third-order valence-electron chi connectivity index (χ3n) is 3.33. The molecule has 9 nitrogen and oxygen atoms in total. The number of hydrogen-bond donors (Lipinski definition) is 2. The molecule has 0 radical (unpaired) electrons. The van der Waals surface area contributed by atoms with E-state index < -0.39 is 29.2 Å². The molecule has 2 N–H and O–H groups in total. The molecule has 0 fully saturated rings. The van der Waals surface area contributed by atoms with Crippen LogP contribution in [0.2, 0.25) is 0 Å². The highest BCUT2D eigenvalue weighted by Crippen LogP contribution is 2.23. The molecule has 0 saturated heterocycles. The number of carboxylic acids is 1. The Kier molecular flexibility index (Phi) is 4.98. The van der Waals surface area contributed by atoms with Gasteiger partial charge in [0.05, 0.1) is 11.7 Å². The molecule has 2 heterocycles.